The summed E-state index contributed by atoms with van der Waals surface area (Å²) in [4.78, 5) is 0. The van der Waals surface area contributed by atoms with Crippen LogP contribution >= 0.6 is 0 Å². The van der Waals surface area contributed by atoms with Gasteiger partial charge in [-0.1, -0.05) is 42.5 Å². The van der Waals surface area contributed by atoms with E-state index >= 15 is 0 Å². The molecule has 2 N–H and O–H groups in total. The summed E-state index contributed by atoms with van der Waals surface area (Å²) in [5.74, 6) is 0.907. The fourth-order valence-corrected chi connectivity index (χ4v) is 2.50. The number of hydrogen-bond donors (Lipinski definition) is 2. The molecule has 0 atom stereocenters. The molecule has 2 aromatic carbocycles. The van der Waals surface area contributed by atoms with Gasteiger partial charge in [-0.15, -0.1) is 0 Å². The Morgan fingerprint density at radius 2 is 1.79 bits per heavy atom. The zero-order valence-electron chi connectivity index (χ0n) is 14.0. The molecule has 0 radical (unpaired) electrons. The molecule has 24 heavy (non-hydrogen) atoms. The van der Waals surface area contributed by atoms with Crippen LogP contribution in [0.2, 0.25) is 0 Å². The number of aromatic amines is 1. The third-order valence-electron chi connectivity index (χ3n) is 4.01. The van der Waals surface area contributed by atoms with Crippen molar-refractivity contribution in [3.8, 4) is 5.75 Å². The summed E-state index contributed by atoms with van der Waals surface area (Å²) in [5.41, 5.74) is 4.83. The molecule has 4 nitrogen and oxygen atoms in total. The third-order valence-corrected chi connectivity index (χ3v) is 4.01. The average Bonchev–Trinajstić information content (AvgIpc) is 3.04. The predicted molar refractivity (Wildman–Crippen MR) is 96.0 cm³/mol. The van der Waals surface area contributed by atoms with Crippen molar-refractivity contribution in [3.63, 3.8) is 0 Å². The molecule has 124 valence electrons. The Morgan fingerprint density at radius 3 is 2.50 bits per heavy atom. The number of H-pyrrole nitrogens is 1. The van der Waals surface area contributed by atoms with Crippen molar-refractivity contribution in [2.75, 3.05) is 6.54 Å². The van der Waals surface area contributed by atoms with Gasteiger partial charge in [0.25, 0.3) is 0 Å². The van der Waals surface area contributed by atoms with E-state index in [4.69, 9.17) is 4.74 Å². The molecule has 3 rings (SSSR count). The fourth-order valence-electron chi connectivity index (χ4n) is 2.50. The van der Waals surface area contributed by atoms with Gasteiger partial charge in [-0.25, -0.2) is 0 Å². The molecule has 0 saturated carbocycles. The van der Waals surface area contributed by atoms with Crippen molar-refractivity contribution < 1.29 is 4.74 Å². The Bertz CT molecular complexity index is 735. The largest absolute Gasteiger partial charge is 0.489 e. The molecule has 0 unspecified atom stereocenters. The lowest BCUT2D eigenvalue weighted by molar-refractivity contribution is 0.306. The van der Waals surface area contributed by atoms with Crippen molar-refractivity contribution in [3.05, 3.63) is 83.2 Å². The topological polar surface area (TPSA) is 49.9 Å². The van der Waals surface area contributed by atoms with Gasteiger partial charge in [-0.3, -0.25) is 5.10 Å². The molecule has 4 heteroatoms. The predicted octanol–water partition coefficient (Wildman–Crippen LogP) is 3.63. The monoisotopic (exact) mass is 321 g/mol. The zero-order chi connectivity index (χ0) is 16.6. The maximum atomic E-state index is 5.81. The SMILES string of the molecule is Cc1[nH]ncc1CNCCc1ccc(OCc2ccccc2)cc1. The van der Waals surface area contributed by atoms with Gasteiger partial charge in [0.05, 0.1) is 6.20 Å². The number of aromatic nitrogens is 2. The highest BCUT2D eigenvalue weighted by Gasteiger charge is 2.00. The van der Waals surface area contributed by atoms with Gasteiger partial charge in [0.15, 0.2) is 0 Å². The molecule has 3 aromatic rings. The van der Waals surface area contributed by atoms with Gasteiger partial charge < -0.3 is 10.1 Å². The van der Waals surface area contributed by atoms with Crippen LogP contribution in [0.4, 0.5) is 0 Å². The Balaban J connectivity index is 1.40. The van der Waals surface area contributed by atoms with E-state index in [0.717, 1.165) is 31.0 Å². The van der Waals surface area contributed by atoms with E-state index in [1.807, 2.05) is 43.5 Å². The van der Waals surface area contributed by atoms with Gasteiger partial charge in [-0.05, 0) is 43.1 Å². The maximum Gasteiger partial charge on any atom is 0.119 e. The van der Waals surface area contributed by atoms with Crippen LogP contribution < -0.4 is 10.1 Å². The van der Waals surface area contributed by atoms with Crippen molar-refractivity contribution in [2.24, 2.45) is 0 Å². The van der Waals surface area contributed by atoms with Crippen LogP contribution in [-0.2, 0) is 19.6 Å². The van der Waals surface area contributed by atoms with Crippen LogP contribution in [0.5, 0.6) is 5.75 Å². The molecule has 0 aliphatic rings. The first-order valence-corrected chi connectivity index (χ1v) is 8.26. The van der Waals surface area contributed by atoms with Gasteiger partial charge in [0, 0.05) is 17.8 Å². The van der Waals surface area contributed by atoms with Crippen LogP contribution in [0.3, 0.4) is 0 Å². The second-order valence-corrected chi connectivity index (χ2v) is 5.87. The smallest absolute Gasteiger partial charge is 0.119 e. The first-order chi connectivity index (χ1) is 11.8. The van der Waals surface area contributed by atoms with Crippen LogP contribution in [0.25, 0.3) is 0 Å². The van der Waals surface area contributed by atoms with E-state index in [2.05, 4.69) is 39.8 Å². The summed E-state index contributed by atoms with van der Waals surface area (Å²) in [6.45, 7) is 4.43. The average molecular weight is 321 g/mol. The summed E-state index contributed by atoms with van der Waals surface area (Å²) >= 11 is 0. The molecule has 1 aromatic heterocycles. The van der Waals surface area contributed by atoms with Crippen molar-refractivity contribution in [2.45, 2.75) is 26.5 Å². The van der Waals surface area contributed by atoms with E-state index in [0.29, 0.717) is 6.61 Å². The Morgan fingerprint density at radius 1 is 1.00 bits per heavy atom. The molecule has 1 heterocycles. The molecule has 0 bridgehead atoms. The van der Waals surface area contributed by atoms with E-state index in [1.165, 1.54) is 16.7 Å². The Hall–Kier alpha value is -2.59. The van der Waals surface area contributed by atoms with Gasteiger partial charge >= 0.3 is 0 Å². The second-order valence-electron chi connectivity index (χ2n) is 5.87. The van der Waals surface area contributed by atoms with E-state index in [1.54, 1.807) is 0 Å². The van der Waals surface area contributed by atoms with E-state index in [-0.39, 0.29) is 0 Å². The van der Waals surface area contributed by atoms with Crippen LogP contribution in [0, 0.1) is 6.92 Å². The molecule has 0 aliphatic heterocycles. The summed E-state index contributed by atoms with van der Waals surface area (Å²) < 4.78 is 5.81. The minimum atomic E-state index is 0.603. The van der Waals surface area contributed by atoms with Gasteiger partial charge in [-0.2, -0.15) is 5.10 Å². The molecule has 0 spiro atoms. The van der Waals surface area contributed by atoms with Crippen molar-refractivity contribution in [1.29, 1.82) is 0 Å². The molecular formula is C20H23N3O. The van der Waals surface area contributed by atoms with Crippen molar-refractivity contribution in [1.82, 2.24) is 15.5 Å². The molecule has 0 saturated heterocycles. The highest BCUT2D eigenvalue weighted by atomic mass is 16.5. The minimum Gasteiger partial charge on any atom is -0.489 e. The van der Waals surface area contributed by atoms with E-state index < -0.39 is 0 Å². The first-order valence-electron chi connectivity index (χ1n) is 8.26. The normalized spacial score (nSPS) is 10.7. The van der Waals surface area contributed by atoms with Crippen molar-refractivity contribution >= 4 is 0 Å². The minimum absolute atomic E-state index is 0.603. The van der Waals surface area contributed by atoms with Crippen LogP contribution in [0.15, 0.2) is 60.8 Å². The lowest BCUT2D eigenvalue weighted by Gasteiger charge is -2.08. The number of nitrogens with one attached hydrogen (secondary N) is 2. The number of rotatable bonds is 8. The summed E-state index contributed by atoms with van der Waals surface area (Å²) in [7, 11) is 0. The maximum absolute atomic E-state index is 5.81. The number of nitrogens with zero attached hydrogens (tertiary/aromatic N) is 1. The lowest BCUT2D eigenvalue weighted by Crippen LogP contribution is -2.16. The third kappa shape index (κ3) is 4.70. The molecular weight excluding hydrogens is 298 g/mol. The van der Waals surface area contributed by atoms with E-state index in [9.17, 15) is 0 Å². The van der Waals surface area contributed by atoms with Gasteiger partial charge in [0.2, 0.25) is 0 Å². The number of hydrogen-bond acceptors (Lipinski definition) is 3. The van der Waals surface area contributed by atoms with Crippen LogP contribution in [0.1, 0.15) is 22.4 Å². The number of ether oxygens (including phenoxy) is 1. The molecule has 0 fully saturated rings. The lowest BCUT2D eigenvalue weighted by atomic mass is 10.1. The Labute approximate surface area is 142 Å². The summed E-state index contributed by atoms with van der Waals surface area (Å²) in [6, 6.07) is 18.6. The summed E-state index contributed by atoms with van der Waals surface area (Å²) in [5, 5.41) is 10.4. The fraction of sp³-hybridized carbons (Fsp3) is 0.250. The Kier molecular flexibility index (Phi) is 5.64. The first kappa shape index (κ1) is 16.3. The number of benzene rings is 2. The standard InChI is InChI=1S/C20H23N3O/c1-16-19(14-22-23-16)13-21-12-11-17-7-9-20(10-8-17)24-15-18-5-3-2-4-6-18/h2-10,14,21H,11-13,15H2,1H3,(H,22,23). The molecule has 0 amide bonds. The zero-order valence-corrected chi connectivity index (χ0v) is 14.0. The highest BCUT2D eigenvalue weighted by Crippen LogP contribution is 2.14. The highest BCUT2D eigenvalue weighted by molar-refractivity contribution is 5.28. The van der Waals surface area contributed by atoms with Crippen LogP contribution in [-0.4, -0.2) is 16.7 Å². The quantitative estimate of drug-likeness (QED) is 0.623. The molecule has 0 aliphatic carbocycles. The van der Waals surface area contributed by atoms with Gasteiger partial charge in [0.1, 0.15) is 12.4 Å². The number of aryl methyl sites for hydroxylation is 1. The summed E-state index contributed by atoms with van der Waals surface area (Å²) in [6.07, 6.45) is 2.87. The second kappa shape index (κ2) is 8.31.